The molecule has 23 heavy (non-hydrogen) atoms. The second-order valence-corrected chi connectivity index (χ2v) is 7.49. The van der Waals surface area contributed by atoms with Crippen LogP contribution in [0.1, 0.15) is 45.6 Å². The van der Waals surface area contributed by atoms with Gasteiger partial charge in [-0.1, -0.05) is 32.0 Å². The first-order valence-electron chi connectivity index (χ1n) is 8.13. The van der Waals surface area contributed by atoms with E-state index in [-0.39, 0.29) is 35.3 Å². The summed E-state index contributed by atoms with van der Waals surface area (Å²) in [7, 11) is 0. The Kier molecular flexibility index (Phi) is 3.78. The Morgan fingerprint density at radius 2 is 2.00 bits per heavy atom. The van der Waals surface area contributed by atoms with Gasteiger partial charge >= 0.3 is 0 Å². The van der Waals surface area contributed by atoms with Crippen LogP contribution in [0.4, 0.5) is 5.69 Å². The molecule has 0 saturated heterocycles. The van der Waals surface area contributed by atoms with Crippen LogP contribution in [-0.4, -0.2) is 22.8 Å². The molecule has 1 amide bonds. The molecule has 1 atom stereocenters. The molecule has 1 heterocycles. The number of carbonyl (C=O) groups excluding carboxylic acids is 2. The molecule has 0 spiro atoms. The van der Waals surface area contributed by atoms with Crippen LogP contribution in [0.2, 0.25) is 0 Å². The summed E-state index contributed by atoms with van der Waals surface area (Å²) in [4.78, 5) is 26.8. The van der Waals surface area contributed by atoms with E-state index in [0.717, 1.165) is 17.7 Å². The lowest BCUT2D eigenvalue weighted by molar-refractivity contribution is -0.122. The zero-order valence-corrected chi connectivity index (χ0v) is 13.9. The van der Waals surface area contributed by atoms with Gasteiger partial charge in [0.25, 0.3) is 0 Å². The molecular formula is C19H23NO3. The molecule has 0 unspecified atom stereocenters. The fourth-order valence-electron chi connectivity index (χ4n) is 3.71. The van der Waals surface area contributed by atoms with E-state index in [0.29, 0.717) is 18.4 Å². The van der Waals surface area contributed by atoms with E-state index in [9.17, 15) is 14.7 Å². The summed E-state index contributed by atoms with van der Waals surface area (Å²) in [5, 5.41) is 10.2. The second kappa shape index (κ2) is 5.52. The van der Waals surface area contributed by atoms with Gasteiger partial charge in [0.2, 0.25) is 5.91 Å². The van der Waals surface area contributed by atoms with Crippen LogP contribution in [0.15, 0.2) is 35.6 Å². The summed E-state index contributed by atoms with van der Waals surface area (Å²) in [6.45, 7) is 5.93. The van der Waals surface area contributed by atoms with E-state index < -0.39 is 0 Å². The molecule has 0 radical (unpaired) electrons. The molecule has 122 valence electrons. The van der Waals surface area contributed by atoms with Crippen molar-refractivity contribution in [2.24, 2.45) is 5.41 Å². The first kappa shape index (κ1) is 15.8. The molecule has 4 heteroatoms. The first-order valence-corrected chi connectivity index (χ1v) is 8.13. The molecule has 0 bridgehead atoms. The second-order valence-electron chi connectivity index (χ2n) is 7.49. The fourth-order valence-corrected chi connectivity index (χ4v) is 3.71. The molecule has 1 N–H and O–H groups in total. The van der Waals surface area contributed by atoms with Crippen LogP contribution in [0, 0.1) is 5.41 Å². The number of rotatable bonds is 2. The Bertz CT molecular complexity index is 702. The van der Waals surface area contributed by atoms with Gasteiger partial charge in [-0.3, -0.25) is 9.59 Å². The maximum Gasteiger partial charge on any atom is 0.231 e. The third-order valence-corrected chi connectivity index (χ3v) is 4.77. The number of hydrogen-bond donors (Lipinski definition) is 1. The van der Waals surface area contributed by atoms with Gasteiger partial charge in [-0.05, 0) is 30.4 Å². The zero-order valence-electron chi connectivity index (χ0n) is 13.9. The number of aliphatic hydroxyl groups excluding tert-OH is 1. The predicted octanol–water partition coefficient (Wildman–Crippen LogP) is 3.56. The smallest absolute Gasteiger partial charge is 0.231 e. The van der Waals surface area contributed by atoms with Crippen molar-refractivity contribution in [2.45, 2.75) is 52.5 Å². The van der Waals surface area contributed by atoms with Crippen molar-refractivity contribution in [3.63, 3.8) is 0 Å². The van der Waals surface area contributed by atoms with Crippen LogP contribution in [0.5, 0.6) is 0 Å². The lowest BCUT2D eigenvalue weighted by atomic mass is 9.76. The summed E-state index contributed by atoms with van der Waals surface area (Å²) in [6, 6.07) is 7.95. The quantitative estimate of drug-likeness (QED) is 0.908. The number of ketones is 1. The molecule has 3 rings (SSSR count). The van der Waals surface area contributed by atoms with E-state index in [1.807, 2.05) is 45.0 Å². The molecular weight excluding hydrogens is 290 g/mol. The van der Waals surface area contributed by atoms with E-state index >= 15 is 0 Å². The molecule has 4 nitrogen and oxygen atoms in total. The molecule has 2 aliphatic rings. The first-order chi connectivity index (χ1) is 10.8. The number of fused-ring (bicyclic) bond motifs is 1. The molecule has 1 aromatic carbocycles. The average molecular weight is 313 g/mol. The number of amides is 1. The predicted molar refractivity (Wildman–Crippen MR) is 89.4 cm³/mol. The minimum Gasteiger partial charge on any atom is -0.512 e. The van der Waals surface area contributed by atoms with Gasteiger partial charge in [-0.2, -0.15) is 0 Å². The van der Waals surface area contributed by atoms with Gasteiger partial charge in [0.15, 0.2) is 5.78 Å². The van der Waals surface area contributed by atoms with Crippen molar-refractivity contribution in [1.29, 1.82) is 0 Å². The molecule has 1 aromatic rings. The van der Waals surface area contributed by atoms with Crippen molar-refractivity contribution in [3.05, 3.63) is 41.2 Å². The highest BCUT2D eigenvalue weighted by molar-refractivity contribution is 6.06. The Morgan fingerprint density at radius 3 is 2.70 bits per heavy atom. The van der Waals surface area contributed by atoms with Gasteiger partial charge in [0.1, 0.15) is 5.76 Å². The molecule has 1 aliphatic heterocycles. The summed E-state index contributed by atoms with van der Waals surface area (Å²) in [6.07, 6.45) is 1.65. The van der Waals surface area contributed by atoms with Crippen LogP contribution < -0.4 is 4.90 Å². The highest BCUT2D eigenvalue weighted by Crippen LogP contribution is 2.38. The van der Waals surface area contributed by atoms with Gasteiger partial charge in [-0.25, -0.2) is 0 Å². The third kappa shape index (κ3) is 2.90. The largest absolute Gasteiger partial charge is 0.512 e. The number of nitrogens with zero attached hydrogens (tertiary/aromatic N) is 1. The topological polar surface area (TPSA) is 57.6 Å². The van der Waals surface area contributed by atoms with Crippen LogP contribution >= 0.6 is 0 Å². The van der Waals surface area contributed by atoms with Gasteiger partial charge < -0.3 is 10.0 Å². The van der Waals surface area contributed by atoms with Crippen molar-refractivity contribution in [2.75, 3.05) is 4.90 Å². The Morgan fingerprint density at radius 1 is 1.30 bits per heavy atom. The number of allylic oxidation sites excluding steroid dienone is 1. The summed E-state index contributed by atoms with van der Waals surface area (Å²) in [5.74, 6) is -0.135. The van der Waals surface area contributed by atoms with E-state index in [4.69, 9.17) is 0 Å². The number of hydrogen-bond acceptors (Lipinski definition) is 3. The van der Waals surface area contributed by atoms with Crippen molar-refractivity contribution in [1.82, 2.24) is 0 Å². The Hall–Kier alpha value is -2.10. The summed E-state index contributed by atoms with van der Waals surface area (Å²) < 4.78 is 0. The number of anilines is 1. The number of para-hydroxylation sites is 1. The number of carbonyl (C=O) groups is 2. The molecule has 1 aliphatic carbocycles. The monoisotopic (exact) mass is 313 g/mol. The van der Waals surface area contributed by atoms with Gasteiger partial charge in [0.05, 0.1) is 6.42 Å². The third-order valence-electron chi connectivity index (χ3n) is 4.77. The van der Waals surface area contributed by atoms with Crippen LogP contribution in [0.3, 0.4) is 0 Å². The Balaban J connectivity index is 1.84. The normalized spacial score (nSPS) is 23.2. The van der Waals surface area contributed by atoms with Crippen molar-refractivity contribution in [3.8, 4) is 0 Å². The van der Waals surface area contributed by atoms with Crippen molar-refractivity contribution >= 4 is 17.4 Å². The minimum atomic E-state index is -0.235. The SMILES string of the molecule is C[C@@H]1Cc2ccccc2N1C(=O)CC1=C(O)CC(C)(C)CC1=O. The number of Topliss-reactive ketones (excluding diaryl/α,β-unsaturated/α-hetero) is 1. The summed E-state index contributed by atoms with van der Waals surface area (Å²) in [5.41, 5.74) is 2.14. The molecule has 0 aromatic heterocycles. The van der Waals surface area contributed by atoms with Crippen LogP contribution in [0.25, 0.3) is 0 Å². The number of aliphatic hydroxyl groups is 1. The lowest BCUT2D eigenvalue weighted by Gasteiger charge is -2.30. The average Bonchev–Trinajstić information content (AvgIpc) is 2.77. The number of benzene rings is 1. The maximum absolute atomic E-state index is 12.8. The summed E-state index contributed by atoms with van der Waals surface area (Å²) >= 11 is 0. The Labute approximate surface area is 136 Å². The standard InChI is InChI=1S/C19H23NO3/c1-12-8-13-6-4-5-7-15(13)20(12)18(23)9-14-16(21)10-19(2,3)11-17(14)22/h4-7,12,21H,8-11H2,1-3H3/t12-/m1/s1. The van der Waals surface area contributed by atoms with Gasteiger partial charge in [0, 0.05) is 30.1 Å². The minimum absolute atomic E-state index is 0.0145. The van der Waals surface area contributed by atoms with E-state index in [1.165, 1.54) is 0 Å². The van der Waals surface area contributed by atoms with E-state index in [1.54, 1.807) is 4.90 Å². The van der Waals surface area contributed by atoms with Gasteiger partial charge in [-0.15, -0.1) is 0 Å². The highest BCUT2D eigenvalue weighted by atomic mass is 16.3. The lowest BCUT2D eigenvalue weighted by Crippen LogP contribution is -2.37. The molecule has 0 fully saturated rings. The van der Waals surface area contributed by atoms with E-state index in [2.05, 4.69) is 0 Å². The fraction of sp³-hybridized carbons (Fsp3) is 0.474. The highest BCUT2D eigenvalue weighted by Gasteiger charge is 2.36. The van der Waals surface area contributed by atoms with Crippen molar-refractivity contribution < 1.29 is 14.7 Å². The van der Waals surface area contributed by atoms with Crippen LogP contribution in [-0.2, 0) is 16.0 Å². The maximum atomic E-state index is 12.8. The zero-order chi connectivity index (χ0) is 16.8. The molecule has 0 saturated carbocycles.